The van der Waals surface area contributed by atoms with E-state index in [4.69, 9.17) is 23.8 Å². The number of hydrogen-bond donors (Lipinski definition) is 1. The normalized spacial score (nSPS) is 18.1. The lowest BCUT2D eigenvalue weighted by molar-refractivity contribution is -0.130. The van der Waals surface area contributed by atoms with Crippen LogP contribution in [0.5, 0.6) is 0 Å². The lowest BCUT2D eigenvalue weighted by Crippen LogP contribution is -2.58. The number of amides is 2. The van der Waals surface area contributed by atoms with Crippen LogP contribution in [0.25, 0.3) is 0 Å². The third-order valence-corrected chi connectivity index (χ3v) is 3.92. The molecule has 1 atom stereocenters. The van der Waals surface area contributed by atoms with E-state index in [-0.39, 0.29) is 5.11 Å². The van der Waals surface area contributed by atoms with Crippen molar-refractivity contribution in [1.29, 1.82) is 0 Å². The van der Waals surface area contributed by atoms with Gasteiger partial charge in [0.2, 0.25) is 5.91 Å². The number of carbonyl (C=O) groups is 2. The molecule has 0 unspecified atom stereocenters. The molecule has 1 fully saturated rings. The summed E-state index contributed by atoms with van der Waals surface area (Å²) in [5.41, 5.74) is 1.15. The Hall–Kier alpha value is -2.57. The van der Waals surface area contributed by atoms with Gasteiger partial charge in [0.25, 0.3) is 5.91 Å². The van der Waals surface area contributed by atoms with Gasteiger partial charge < -0.3 is 5.32 Å². The minimum atomic E-state index is -1.06. The van der Waals surface area contributed by atoms with Crippen molar-refractivity contribution < 1.29 is 9.59 Å². The minimum absolute atomic E-state index is 0.0589. The fraction of sp³-hybridized carbons (Fsp3) is 0.0588. The highest BCUT2D eigenvalue weighted by molar-refractivity contribution is 7.80. The van der Waals surface area contributed by atoms with Crippen LogP contribution < -0.4 is 10.2 Å². The Morgan fingerprint density at radius 2 is 1.88 bits per heavy atom. The zero-order valence-corrected chi connectivity index (χ0v) is 13.9. The number of nitrogens with one attached hydrogen (secondary N) is 1. The summed E-state index contributed by atoms with van der Waals surface area (Å²) in [5.74, 6) is -2.00. The largest absolute Gasteiger partial charge is 0.301 e. The first-order valence-corrected chi connectivity index (χ1v) is 7.88. The molecule has 3 rings (SSSR count). The van der Waals surface area contributed by atoms with Gasteiger partial charge in [-0.3, -0.25) is 19.5 Å². The fourth-order valence-electron chi connectivity index (χ4n) is 2.26. The van der Waals surface area contributed by atoms with Crippen LogP contribution in [0.15, 0.2) is 59.6 Å². The lowest BCUT2D eigenvalue weighted by Gasteiger charge is -2.30. The second-order valence-electron chi connectivity index (χ2n) is 5.04. The Labute approximate surface area is 148 Å². The fourth-order valence-corrected chi connectivity index (χ4v) is 2.74. The van der Waals surface area contributed by atoms with Gasteiger partial charge in [-0.1, -0.05) is 35.9 Å². The first-order valence-electron chi connectivity index (χ1n) is 7.10. The number of thiocarbonyl (C=S) groups is 1. The summed E-state index contributed by atoms with van der Waals surface area (Å²) >= 11 is 11.0. The summed E-state index contributed by atoms with van der Waals surface area (Å²) < 4.78 is 0. The quantitative estimate of drug-likeness (QED) is 0.521. The van der Waals surface area contributed by atoms with Crippen molar-refractivity contribution in [3.8, 4) is 0 Å². The molecule has 0 aromatic heterocycles. The Kier molecular flexibility index (Phi) is 4.69. The number of rotatable bonds is 3. The molecule has 1 heterocycles. The van der Waals surface area contributed by atoms with E-state index in [1.165, 1.54) is 11.1 Å². The van der Waals surface area contributed by atoms with Crippen LogP contribution >= 0.6 is 23.8 Å². The zero-order valence-electron chi connectivity index (χ0n) is 12.3. The van der Waals surface area contributed by atoms with E-state index < -0.39 is 17.7 Å². The van der Waals surface area contributed by atoms with Gasteiger partial charge in [0, 0.05) is 11.2 Å². The smallest absolute Gasteiger partial charge is 0.251 e. The zero-order chi connectivity index (χ0) is 17.1. The van der Waals surface area contributed by atoms with E-state index in [0.29, 0.717) is 16.4 Å². The maximum atomic E-state index is 12.7. The molecule has 2 aromatic rings. The SMILES string of the molecule is O=C1NC(=S)N(c2ccccc2)C(=O)[C@H]1C=Nc1cccc(Cl)c1. The number of nitrogens with zero attached hydrogens (tertiary/aromatic N) is 2. The number of halogens is 1. The molecule has 2 amide bonds. The molecule has 1 N–H and O–H groups in total. The van der Waals surface area contributed by atoms with Crippen molar-refractivity contribution in [1.82, 2.24) is 5.32 Å². The van der Waals surface area contributed by atoms with E-state index in [2.05, 4.69) is 10.3 Å². The highest BCUT2D eigenvalue weighted by Crippen LogP contribution is 2.21. The Morgan fingerprint density at radius 1 is 1.12 bits per heavy atom. The lowest BCUT2D eigenvalue weighted by atomic mass is 10.1. The predicted molar refractivity (Wildman–Crippen MR) is 97.8 cm³/mol. The number of aliphatic imine (C=N–C) groups is 1. The van der Waals surface area contributed by atoms with Crippen LogP contribution in [0.3, 0.4) is 0 Å². The number of hydrogen-bond acceptors (Lipinski definition) is 4. The third kappa shape index (κ3) is 3.34. The van der Waals surface area contributed by atoms with Gasteiger partial charge >= 0.3 is 0 Å². The van der Waals surface area contributed by atoms with Crippen molar-refractivity contribution in [2.24, 2.45) is 10.9 Å². The van der Waals surface area contributed by atoms with Crippen LogP contribution in [0, 0.1) is 5.92 Å². The molecule has 1 aliphatic rings. The molecule has 0 bridgehead atoms. The average Bonchev–Trinajstić information content (AvgIpc) is 2.55. The van der Waals surface area contributed by atoms with Gasteiger partial charge in [-0.2, -0.15) is 0 Å². The minimum Gasteiger partial charge on any atom is -0.301 e. The summed E-state index contributed by atoms with van der Waals surface area (Å²) in [6, 6.07) is 15.7. The van der Waals surface area contributed by atoms with Crippen LogP contribution in [0.4, 0.5) is 11.4 Å². The maximum Gasteiger partial charge on any atom is 0.251 e. The van der Waals surface area contributed by atoms with Crippen molar-refractivity contribution >= 4 is 58.3 Å². The number of anilines is 1. The van der Waals surface area contributed by atoms with Crippen molar-refractivity contribution in [2.75, 3.05) is 4.90 Å². The molecule has 7 heteroatoms. The molecule has 0 aliphatic carbocycles. The molecule has 0 saturated carbocycles. The molecule has 2 aromatic carbocycles. The van der Waals surface area contributed by atoms with Crippen molar-refractivity contribution in [3.63, 3.8) is 0 Å². The van der Waals surface area contributed by atoms with Gasteiger partial charge in [0.15, 0.2) is 11.0 Å². The molecule has 0 radical (unpaired) electrons. The van der Waals surface area contributed by atoms with Crippen LogP contribution in [-0.4, -0.2) is 23.1 Å². The number of para-hydroxylation sites is 1. The summed E-state index contributed by atoms with van der Waals surface area (Å²) in [6.45, 7) is 0. The Morgan fingerprint density at radius 3 is 2.58 bits per heavy atom. The Bertz CT molecular complexity index is 839. The standard InChI is InChI=1S/C17H12ClN3O2S/c18-11-5-4-6-12(9-11)19-10-14-15(22)20-17(24)21(16(14)23)13-7-2-1-3-8-13/h1-10,14H,(H,20,22,24)/t14-/m0/s1. The summed E-state index contributed by atoms with van der Waals surface area (Å²) in [6.07, 6.45) is 1.31. The predicted octanol–water partition coefficient (Wildman–Crippen LogP) is 3.11. The van der Waals surface area contributed by atoms with Crippen LogP contribution in [0.1, 0.15) is 0 Å². The molecule has 120 valence electrons. The summed E-state index contributed by atoms with van der Waals surface area (Å²) in [4.78, 5) is 30.3. The van der Waals surface area contributed by atoms with Gasteiger partial charge in [0.1, 0.15) is 0 Å². The van der Waals surface area contributed by atoms with Crippen LogP contribution in [0.2, 0.25) is 5.02 Å². The molecule has 24 heavy (non-hydrogen) atoms. The van der Waals surface area contributed by atoms with E-state index >= 15 is 0 Å². The molecule has 1 aliphatic heterocycles. The summed E-state index contributed by atoms with van der Waals surface area (Å²) in [5, 5.41) is 3.12. The number of carbonyl (C=O) groups excluding carboxylic acids is 2. The third-order valence-electron chi connectivity index (χ3n) is 3.40. The van der Waals surface area contributed by atoms with Gasteiger partial charge in [-0.05, 0) is 42.5 Å². The first kappa shape index (κ1) is 16.3. The van der Waals surface area contributed by atoms with Gasteiger partial charge in [0.05, 0.1) is 11.4 Å². The molecular formula is C17H12ClN3O2S. The monoisotopic (exact) mass is 357 g/mol. The molecule has 5 nitrogen and oxygen atoms in total. The molecule has 1 saturated heterocycles. The highest BCUT2D eigenvalue weighted by atomic mass is 35.5. The van der Waals surface area contributed by atoms with E-state index in [0.717, 1.165) is 0 Å². The highest BCUT2D eigenvalue weighted by Gasteiger charge is 2.38. The van der Waals surface area contributed by atoms with E-state index in [9.17, 15) is 9.59 Å². The Balaban J connectivity index is 1.88. The molecule has 0 spiro atoms. The van der Waals surface area contributed by atoms with E-state index in [1.807, 2.05) is 6.07 Å². The van der Waals surface area contributed by atoms with Crippen LogP contribution in [-0.2, 0) is 9.59 Å². The first-order chi connectivity index (χ1) is 11.6. The molecular weight excluding hydrogens is 346 g/mol. The van der Waals surface area contributed by atoms with Crippen molar-refractivity contribution in [3.05, 3.63) is 59.6 Å². The van der Waals surface area contributed by atoms with Gasteiger partial charge in [-0.25, -0.2) is 0 Å². The van der Waals surface area contributed by atoms with Crippen molar-refractivity contribution in [2.45, 2.75) is 0 Å². The average molecular weight is 358 g/mol. The second-order valence-corrected chi connectivity index (χ2v) is 5.86. The number of benzene rings is 2. The van der Waals surface area contributed by atoms with E-state index in [1.54, 1.807) is 48.5 Å². The second kappa shape index (κ2) is 6.90. The summed E-state index contributed by atoms with van der Waals surface area (Å²) in [7, 11) is 0. The van der Waals surface area contributed by atoms with Gasteiger partial charge in [-0.15, -0.1) is 0 Å². The maximum absolute atomic E-state index is 12.7. The topological polar surface area (TPSA) is 61.8 Å².